The Bertz CT molecular complexity index is 766. The molecule has 0 bridgehead atoms. The van der Waals surface area contributed by atoms with Gasteiger partial charge in [-0.25, -0.2) is 4.98 Å². The number of nitrogens with zero attached hydrogens (tertiary/aromatic N) is 2. The second-order valence-electron chi connectivity index (χ2n) is 4.94. The summed E-state index contributed by atoms with van der Waals surface area (Å²) in [5, 5.41) is 1.05. The summed E-state index contributed by atoms with van der Waals surface area (Å²) in [4.78, 5) is 8.78. The maximum Gasteiger partial charge on any atom is 0.222 e. The van der Waals surface area contributed by atoms with Crippen molar-refractivity contribution in [3.8, 4) is 11.6 Å². The lowest BCUT2D eigenvalue weighted by Gasteiger charge is -2.10. The van der Waals surface area contributed by atoms with Crippen LogP contribution in [-0.4, -0.2) is 16.5 Å². The van der Waals surface area contributed by atoms with E-state index in [1.54, 1.807) is 6.20 Å². The monoisotopic (exact) mass is 279 g/mol. The van der Waals surface area contributed by atoms with Gasteiger partial charge in [-0.05, 0) is 43.7 Å². The molecule has 2 heterocycles. The molecule has 106 valence electrons. The molecule has 21 heavy (non-hydrogen) atoms. The number of hydrogen-bond donors (Lipinski definition) is 1. The molecule has 0 atom stereocenters. The van der Waals surface area contributed by atoms with Crippen molar-refractivity contribution in [2.75, 3.05) is 6.54 Å². The van der Waals surface area contributed by atoms with Crippen LogP contribution in [0.15, 0.2) is 48.8 Å². The van der Waals surface area contributed by atoms with Gasteiger partial charge in [0.05, 0.1) is 0 Å². The van der Waals surface area contributed by atoms with E-state index in [0.717, 1.165) is 34.2 Å². The van der Waals surface area contributed by atoms with Gasteiger partial charge >= 0.3 is 0 Å². The molecule has 3 rings (SSSR count). The van der Waals surface area contributed by atoms with E-state index in [1.807, 2.05) is 43.5 Å². The highest BCUT2D eigenvalue weighted by atomic mass is 16.5. The Morgan fingerprint density at radius 3 is 2.81 bits per heavy atom. The van der Waals surface area contributed by atoms with Crippen LogP contribution in [0.2, 0.25) is 0 Å². The van der Waals surface area contributed by atoms with Crippen molar-refractivity contribution in [3.63, 3.8) is 0 Å². The van der Waals surface area contributed by atoms with Crippen LogP contribution in [0.5, 0.6) is 11.6 Å². The number of rotatable bonds is 4. The molecule has 0 aliphatic rings. The predicted molar refractivity (Wildman–Crippen MR) is 83.5 cm³/mol. The highest BCUT2D eigenvalue weighted by molar-refractivity contribution is 5.84. The molecule has 0 unspecified atom stereocenters. The van der Waals surface area contributed by atoms with Crippen molar-refractivity contribution in [2.45, 2.75) is 13.3 Å². The SMILES string of the molecule is Cc1cc(CCN)cnc1Oc1cccc2cccnc12. The minimum absolute atomic E-state index is 0.605. The second kappa shape index (κ2) is 5.89. The van der Waals surface area contributed by atoms with Crippen LogP contribution in [0.25, 0.3) is 10.9 Å². The van der Waals surface area contributed by atoms with Crippen LogP contribution >= 0.6 is 0 Å². The van der Waals surface area contributed by atoms with Gasteiger partial charge in [0.15, 0.2) is 5.75 Å². The number of ether oxygens (including phenoxy) is 1. The number of aryl methyl sites for hydroxylation is 1. The van der Waals surface area contributed by atoms with Crippen molar-refractivity contribution in [1.82, 2.24) is 9.97 Å². The fourth-order valence-electron chi connectivity index (χ4n) is 2.29. The minimum atomic E-state index is 0.605. The highest BCUT2D eigenvalue weighted by Crippen LogP contribution is 2.29. The lowest BCUT2D eigenvalue weighted by Crippen LogP contribution is -2.03. The zero-order valence-electron chi connectivity index (χ0n) is 11.9. The smallest absolute Gasteiger partial charge is 0.222 e. The molecule has 3 aromatic rings. The van der Waals surface area contributed by atoms with Gasteiger partial charge in [-0.1, -0.05) is 18.2 Å². The summed E-state index contributed by atoms with van der Waals surface area (Å²) >= 11 is 0. The third kappa shape index (κ3) is 2.85. The molecule has 0 amide bonds. The molecule has 0 saturated heterocycles. The molecule has 0 spiro atoms. The van der Waals surface area contributed by atoms with Gasteiger partial charge in [-0.2, -0.15) is 0 Å². The van der Waals surface area contributed by atoms with E-state index in [2.05, 4.69) is 16.0 Å². The maximum atomic E-state index is 5.95. The van der Waals surface area contributed by atoms with Gasteiger partial charge in [0.1, 0.15) is 5.52 Å². The third-order valence-electron chi connectivity index (χ3n) is 3.32. The zero-order chi connectivity index (χ0) is 14.7. The Morgan fingerprint density at radius 2 is 2.00 bits per heavy atom. The van der Waals surface area contributed by atoms with Crippen LogP contribution in [0, 0.1) is 6.92 Å². The molecule has 4 heteroatoms. The summed E-state index contributed by atoms with van der Waals surface area (Å²) in [5.41, 5.74) is 8.53. The number of hydrogen-bond acceptors (Lipinski definition) is 4. The van der Waals surface area contributed by atoms with Crippen molar-refractivity contribution in [1.29, 1.82) is 0 Å². The standard InChI is InChI=1S/C17H17N3O/c1-12-10-13(7-8-18)11-20-17(12)21-15-6-2-4-14-5-3-9-19-16(14)15/h2-6,9-11H,7-8,18H2,1H3. The molecule has 2 N–H and O–H groups in total. The van der Waals surface area contributed by atoms with Crippen molar-refractivity contribution in [3.05, 3.63) is 59.9 Å². The van der Waals surface area contributed by atoms with E-state index in [-0.39, 0.29) is 0 Å². The largest absolute Gasteiger partial charge is 0.436 e. The van der Waals surface area contributed by atoms with Crippen molar-refractivity contribution < 1.29 is 4.74 Å². The van der Waals surface area contributed by atoms with Gasteiger partial charge in [0.2, 0.25) is 5.88 Å². The number of para-hydroxylation sites is 1. The van der Waals surface area contributed by atoms with Gasteiger partial charge < -0.3 is 10.5 Å². The first-order chi connectivity index (χ1) is 10.3. The number of pyridine rings is 2. The summed E-state index contributed by atoms with van der Waals surface area (Å²) in [6.07, 6.45) is 4.40. The van der Waals surface area contributed by atoms with Gasteiger partial charge in [-0.3, -0.25) is 4.98 Å². The first kappa shape index (κ1) is 13.5. The van der Waals surface area contributed by atoms with Gasteiger partial charge in [-0.15, -0.1) is 0 Å². The quantitative estimate of drug-likeness (QED) is 0.796. The molecule has 0 radical (unpaired) electrons. The number of fused-ring (bicyclic) bond motifs is 1. The van der Waals surface area contributed by atoms with E-state index in [9.17, 15) is 0 Å². The first-order valence-corrected chi connectivity index (χ1v) is 6.95. The maximum absolute atomic E-state index is 5.95. The Labute approximate surface area is 123 Å². The lowest BCUT2D eigenvalue weighted by molar-refractivity contribution is 0.462. The summed E-state index contributed by atoms with van der Waals surface area (Å²) in [6, 6.07) is 11.9. The van der Waals surface area contributed by atoms with E-state index < -0.39 is 0 Å². The van der Waals surface area contributed by atoms with Crippen LogP contribution < -0.4 is 10.5 Å². The second-order valence-corrected chi connectivity index (χ2v) is 4.94. The molecule has 2 aromatic heterocycles. The van der Waals surface area contributed by atoms with Gasteiger partial charge in [0, 0.05) is 23.3 Å². The number of aromatic nitrogens is 2. The van der Waals surface area contributed by atoms with Crippen LogP contribution in [0.3, 0.4) is 0 Å². The summed E-state index contributed by atoms with van der Waals surface area (Å²) in [7, 11) is 0. The Hall–Kier alpha value is -2.46. The predicted octanol–water partition coefficient (Wildman–Crippen LogP) is 3.23. The lowest BCUT2D eigenvalue weighted by atomic mass is 10.1. The molecule has 1 aromatic carbocycles. The Balaban J connectivity index is 1.95. The van der Waals surface area contributed by atoms with Crippen LogP contribution in [0.1, 0.15) is 11.1 Å². The van der Waals surface area contributed by atoms with Gasteiger partial charge in [0.25, 0.3) is 0 Å². The average Bonchev–Trinajstić information content (AvgIpc) is 2.51. The molecular weight excluding hydrogens is 262 g/mol. The van der Waals surface area contributed by atoms with E-state index in [1.165, 1.54) is 0 Å². The van der Waals surface area contributed by atoms with E-state index in [4.69, 9.17) is 10.5 Å². The first-order valence-electron chi connectivity index (χ1n) is 6.95. The topological polar surface area (TPSA) is 61.0 Å². The van der Waals surface area contributed by atoms with E-state index in [0.29, 0.717) is 12.4 Å². The van der Waals surface area contributed by atoms with Crippen molar-refractivity contribution in [2.24, 2.45) is 5.73 Å². The van der Waals surface area contributed by atoms with Crippen LogP contribution in [0.4, 0.5) is 0 Å². The Kier molecular flexibility index (Phi) is 3.79. The normalized spacial score (nSPS) is 10.8. The Morgan fingerprint density at radius 1 is 1.14 bits per heavy atom. The molecule has 0 saturated carbocycles. The minimum Gasteiger partial charge on any atom is -0.436 e. The highest BCUT2D eigenvalue weighted by Gasteiger charge is 2.08. The summed E-state index contributed by atoms with van der Waals surface area (Å²) in [6.45, 7) is 2.61. The number of nitrogens with two attached hydrogens (primary N) is 1. The molecule has 0 aliphatic heterocycles. The summed E-state index contributed by atoms with van der Waals surface area (Å²) < 4.78 is 5.95. The zero-order valence-corrected chi connectivity index (χ0v) is 11.9. The fraction of sp³-hybridized carbons (Fsp3) is 0.176. The average molecular weight is 279 g/mol. The third-order valence-corrected chi connectivity index (χ3v) is 3.32. The molecule has 0 fully saturated rings. The fourth-order valence-corrected chi connectivity index (χ4v) is 2.29. The molecular formula is C17H17N3O. The van der Waals surface area contributed by atoms with Crippen LogP contribution in [-0.2, 0) is 6.42 Å². The molecule has 0 aliphatic carbocycles. The summed E-state index contributed by atoms with van der Waals surface area (Å²) in [5.74, 6) is 1.32. The molecule has 4 nitrogen and oxygen atoms in total. The van der Waals surface area contributed by atoms with Crippen molar-refractivity contribution >= 4 is 10.9 Å². The van der Waals surface area contributed by atoms with E-state index >= 15 is 0 Å². The number of benzene rings is 1.